The van der Waals surface area contributed by atoms with E-state index in [0.29, 0.717) is 5.56 Å². The van der Waals surface area contributed by atoms with Crippen LogP contribution in [0.5, 0.6) is 0 Å². The maximum Gasteiger partial charge on any atom is 0.446 e. The highest BCUT2D eigenvalue weighted by Crippen LogP contribution is 2.38. The Hall–Kier alpha value is -1.68. The van der Waals surface area contributed by atoms with E-state index < -0.39 is 11.5 Å². The molecule has 96 valence electrons. The minimum Gasteiger partial charge on any atom is -0.481 e. The summed E-state index contributed by atoms with van der Waals surface area (Å²) in [6.45, 7) is 0. The van der Waals surface area contributed by atoms with Crippen LogP contribution in [0.3, 0.4) is 0 Å². The van der Waals surface area contributed by atoms with Crippen molar-refractivity contribution >= 4 is 17.7 Å². The zero-order valence-corrected chi connectivity index (χ0v) is 9.81. The Morgan fingerprint density at radius 1 is 1.44 bits per heavy atom. The van der Waals surface area contributed by atoms with Gasteiger partial charge in [0.1, 0.15) is 6.07 Å². The molecule has 0 spiro atoms. The summed E-state index contributed by atoms with van der Waals surface area (Å²) in [6.07, 6.45) is 0.0532. The highest BCUT2D eigenvalue weighted by molar-refractivity contribution is 8.00. The van der Waals surface area contributed by atoms with Crippen LogP contribution in [0.25, 0.3) is 0 Å². The number of carboxylic acid groups (broad SMARTS) is 1. The van der Waals surface area contributed by atoms with E-state index in [9.17, 15) is 18.0 Å². The largest absolute Gasteiger partial charge is 0.481 e. The van der Waals surface area contributed by atoms with Gasteiger partial charge in [-0.2, -0.15) is 18.4 Å². The van der Waals surface area contributed by atoms with E-state index in [0.717, 1.165) is 0 Å². The third-order valence-corrected chi connectivity index (χ3v) is 2.83. The normalized spacial score (nSPS) is 11.0. The first kappa shape index (κ1) is 14.4. The van der Waals surface area contributed by atoms with Crippen molar-refractivity contribution in [1.29, 1.82) is 5.26 Å². The lowest BCUT2D eigenvalue weighted by molar-refractivity contribution is -0.136. The smallest absolute Gasteiger partial charge is 0.446 e. The van der Waals surface area contributed by atoms with Crippen molar-refractivity contribution in [2.75, 3.05) is 0 Å². The molecule has 0 aliphatic rings. The Balaban J connectivity index is 2.91. The van der Waals surface area contributed by atoms with Crippen molar-refractivity contribution in [3.05, 3.63) is 29.3 Å². The first-order valence-electron chi connectivity index (χ1n) is 4.82. The number of alkyl halides is 3. The Morgan fingerprint density at radius 3 is 2.61 bits per heavy atom. The number of nitrogens with zero attached hydrogens (tertiary/aromatic N) is 1. The van der Waals surface area contributed by atoms with E-state index >= 15 is 0 Å². The molecule has 0 saturated heterocycles. The Morgan fingerprint density at radius 2 is 2.11 bits per heavy atom. The van der Waals surface area contributed by atoms with Crippen LogP contribution in [-0.2, 0) is 11.2 Å². The third-order valence-electron chi connectivity index (χ3n) is 2.02. The van der Waals surface area contributed by atoms with Gasteiger partial charge in [-0.1, -0.05) is 6.07 Å². The van der Waals surface area contributed by atoms with E-state index in [1.165, 1.54) is 18.2 Å². The van der Waals surface area contributed by atoms with Gasteiger partial charge >= 0.3 is 11.5 Å². The van der Waals surface area contributed by atoms with Crippen LogP contribution in [0.4, 0.5) is 13.2 Å². The van der Waals surface area contributed by atoms with E-state index in [4.69, 9.17) is 10.4 Å². The second kappa shape index (κ2) is 5.78. The van der Waals surface area contributed by atoms with Gasteiger partial charge in [-0.3, -0.25) is 4.79 Å². The molecule has 0 aliphatic heterocycles. The molecule has 18 heavy (non-hydrogen) atoms. The van der Waals surface area contributed by atoms with Crippen LogP contribution in [0.1, 0.15) is 17.5 Å². The number of carbonyl (C=O) groups is 1. The molecule has 0 unspecified atom stereocenters. The van der Waals surface area contributed by atoms with Gasteiger partial charge in [0.15, 0.2) is 0 Å². The fraction of sp³-hybridized carbons (Fsp3) is 0.273. The quantitative estimate of drug-likeness (QED) is 0.857. The number of rotatable bonds is 4. The third kappa shape index (κ3) is 4.67. The predicted octanol–water partition coefficient (Wildman–Crippen LogP) is 3.19. The molecule has 7 heteroatoms. The lowest BCUT2D eigenvalue weighted by Gasteiger charge is -2.08. The molecule has 1 aromatic carbocycles. The van der Waals surface area contributed by atoms with Crippen LogP contribution < -0.4 is 0 Å². The molecule has 0 aliphatic carbocycles. The Bertz CT molecular complexity index is 494. The van der Waals surface area contributed by atoms with Gasteiger partial charge in [0.2, 0.25) is 0 Å². The Kier molecular flexibility index (Phi) is 4.62. The number of halogens is 3. The van der Waals surface area contributed by atoms with Crippen molar-refractivity contribution in [1.82, 2.24) is 0 Å². The summed E-state index contributed by atoms with van der Waals surface area (Å²) in [6, 6.07) is 5.56. The van der Waals surface area contributed by atoms with Crippen LogP contribution >= 0.6 is 11.8 Å². The summed E-state index contributed by atoms with van der Waals surface area (Å²) in [5, 5.41) is 17.3. The van der Waals surface area contributed by atoms with E-state index in [-0.39, 0.29) is 35.1 Å². The molecule has 0 saturated carbocycles. The number of hydrogen-bond donors (Lipinski definition) is 1. The van der Waals surface area contributed by atoms with Gasteiger partial charge in [-0.05, 0) is 35.9 Å². The average molecular weight is 275 g/mol. The minimum absolute atomic E-state index is 0.0970. The van der Waals surface area contributed by atoms with E-state index in [2.05, 4.69) is 0 Å². The minimum atomic E-state index is -4.45. The van der Waals surface area contributed by atoms with Gasteiger partial charge < -0.3 is 5.11 Å². The molecule has 1 N–H and O–H groups in total. The van der Waals surface area contributed by atoms with Gasteiger partial charge in [-0.25, -0.2) is 0 Å². The predicted molar refractivity (Wildman–Crippen MR) is 59.0 cm³/mol. The number of nitriles is 1. The number of hydrogen-bond acceptors (Lipinski definition) is 3. The summed E-state index contributed by atoms with van der Waals surface area (Å²) in [5.41, 5.74) is -4.02. The lowest BCUT2D eigenvalue weighted by Crippen LogP contribution is -2.01. The second-order valence-corrected chi connectivity index (χ2v) is 4.49. The molecule has 0 radical (unpaired) electrons. The standard InChI is InChI=1S/C11H8F3NO2S/c12-11(13,14)18-9-3-1-7(2-4-10(16)17)5-8(9)6-15/h1,3,5H,2,4H2,(H,16,17). The molecule has 0 atom stereocenters. The first-order valence-corrected chi connectivity index (χ1v) is 5.64. The van der Waals surface area contributed by atoms with Crippen LogP contribution in [-0.4, -0.2) is 16.6 Å². The summed E-state index contributed by atoms with van der Waals surface area (Å²) in [4.78, 5) is 10.2. The monoisotopic (exact) mass is 275 g/mol. The van der Waals surface area contributed by atoms with Gasteiger partial charge in [0.25, 0.3) is 0 Å². The molecule has 0 fully saturated rings. The van der Waals surface area contributed by atoms with Crippen LogP contribution in [0.2, 0.25) is 0 Å². The highest BCUT2D eigenvalue weighted by atomic mass is 32.2. The van der Waals surface area contributed by atoms with Crippen LogP contribution in [0.15, 0.2) is 23.1 Å². The SMILES string of the molecule is N#Cc1cc(CCC(=O)O)ccc1SC(F)(F)F. The zero-order chi connectivity index (χ0) is 13.8. The molecule has 0 aromatic heterocycles. The fourth-order valence-electron chi connectivity index (χ4n) is 1.28. The van der Waals surface area contributed by atoms with Crippen molar-refractivity contribution in [3.8, 4) is 6.07 Å². The van der Waals surface area contributed by atoms with Crippen molar-refractivity contribution in [3.63, 3.8) is 0 Å². The van der Waals surface area contributed by atoms with Gasteiger partial charge in [-0.15, -0.1) is 0 Å². The number of carboxylic acids is 1. The Labute approximate surface area is 105 Å². The first-order chi connectivity index (χ1) is 8.31. The number of aryl methyl sites for hydroxylation is 1. The molecular formula is C11H8F3NO2S. The van der Waals surface area contributed by atoms with Crippen molar-refractivity contribution < 1.29 is 23.1 Å². The molecular weight excluding hydrogens is 267 g/mol. The van der Waals surface area contributed by atoms with E-state index in [1.54, 1.807) is 6.07 Å². The fourth-order valence-corrected chi connectivity index (χ4v) is 1.88. The summed E-state index contributed by atoms with van der Waals surface area (Å²) < 4.78 is 36.6. The summed E-state index contributed by atoms with van der Waals surface area (Å²) >= 11 is -0.354. The average Bonchev–Trinajstić information content (AvgIpc) is 2.25. The number of aliphatic carboxylic acids is 1. The second-order valence-electron chi connectivity index (χ2n) is 3.38. The van der Waals surface area contributed by atoms with Gasteiger partial charge in [0.05, 0.1) is 5.56 Å². The highest BCUT2D eigenvalue weighted by Gasteiger charge is 2.30. The van der Waals surface area contributed by atoms with Gasteiger partial charge in [0, 0.05) is 11.3 Å². The van der Waals surface area contributed by atoms with Crippen molar-refractivity contribution in [2.24, 2.45) is 0 Å². The summed E-state index contributed by atoms with van der Waals surface area (Å²) in [7, 11) is 0. The molecule has 0 heterocycles. The van der Waals surface area contributed by atoms with E-state index in [1.807, 2.05) is 0 Å². The summed E-state index contributed by atoms with van der Waals surface area (Å²) in [5.74, 6) is -0.998. The molecule has 1 aromatic rings. The molecule has 1 rings (SSSR count). The van der Waals surface area contributed by atoms with Crippen molar-refractivity contribution in [2.45, 2.75) is 23.2 Å². The molecule has 0 amide bonds. The molecule has 0 bridgehead atoms. The maximum absolute atomic E-state index is 12.2. The van der Waals surface area contributed by atoms with Crippen LogP contribution in [0, 0.1) is 11.3 Å². The zero-order valence-electron chi connectivity index (χ0n) is 8.99. The number of benzene rings is 1. The topological polar surface area (TPSA) is 61.1 Å². The maximum atomic E-state index is 12.2. The number of thioether (sulfide) groups is 1. The lowest BCUT2D eigenvalue weighted by atomic mass is 10.1. The molecule has 3 nitrogen and oxygen atoms in total.